The number of benzene rings is 1. The fraction of sp³-hybridized carbons (Fsp3) is 0.533. The zero-order chi connectivity index (χ0) is 14.6. The Morgan fingerprint density at radius 1 is 1.37 bits per heavy atom. The third kappa shape index (κ3) is 3.13. The van der Waals surface area contributed by atoms with Gasteiger partial charge in [-0.2, -0.15) is 0 Å². The number of likely N-dealkylation sites (N-methyl/N-ethyl adjacent to an activating group) is 1. The molecule has 0 saturated heterocycles. The molecule has 0 spiro atoms. The highest BCUT2D eigenvalue weighted by Gasteiger charge is 2.38. The summed E-state index contributed by atoms with van der Waals surface area (Å²) >= 11 is 0. The summed E-state index contributed by atoms with van der Waals surface area (Å²) in [6.07, 6.45) is 0.658. The summed E-state index contributed by atoms with van der Waals surface area (Å²) in [6, 6.07) is 6.33. The quantitative estimate of drug-likeness (QED) is 0.858. The van der Waals surface area contributed by atoms with Gasteiger partial charge >= 0.3 is 5.97 Å². The van der Waals surface area contributed by atoms with Crippen molar-refractivity contribution in [1.29, 1.82) is 0 Å². The monoisotopic (exact) mass is 267 g/mol. The average Bonchev–Trinajstić information content (AvgIpc) is 2.36. The van der Waals surface area contributed by atoms with Gasteiger partial charge in [-0.05, 0) is 32.9 Å². The summed E-state index contributed by atoms with van der Waals surface area (Å²) in [5, 5.41) is 9.37. The van der Waals surface area contributed by atoms with Crippen LogP contribution < -0.4 is 0 Å². The molecule has 0 bridgehead atoms. The van der Waals surface area contributed by atoms with Crippen molar-refractivity contribution in [1.82, 2.24) is 4.90 Å². The minimum absolute atomic E-state index is 0.239. The fourth-order valence-corrected chi connectivity index (χ4v) is 2.48. The van der Waals surface area contributed by atoms with Gasteiger partial charge in [0.15, 0.2) is 0 Å². The van der Waals surface area contributed by atoms with Crippen LogP contribution in [-0.4, -0.2) is 28.1 Å². The lowest BCUT2D eigenvalue weighted by Gasteiger charge is -2.40. The van der Waals surface area contributed by atoms with Gasteiger partial charge in [0, 0.05) is 11.6 Å². The number of nitrogens with zero attached hydrogens (tertiary/aromatic N) is 1. The van der Waals surface area contributed by atoms with Gasteiger partial charge in [-0.3, -0.25) is 9.69 Å². The Bertz CT molecular complexity index is 446. The van der Waals surface area contributed by atoms with E-state index in [1.54, 1.807) is 32.0 Å². The maximum absolute atomic E-state index is 13.9. The first-order chi connectivity index (χ1) is 8.86. The van der Waals surface area contributed by atoms with E-state index >= 15 is 0 Å². The van der Waals surface area contributed by atoms with Gasteiger partial charge in [-0.25, -0.2) is 4.39 Å². The van der Waals surface area contributed by atoms with E-state index in [2.05, 4.69) is 0 Å². The largest absolute Gasteiger partial charge is 0.480 e. The molecule has 0 aliphatic heterocycles. The second-order valence-electron chi connectivity index (χ2n) is 5.10. The predicted octanol–water partition coefficient (Wildman–Crippen LogP) is 3.46. The summed E-state index contributed by atoms with van der Waals surface area (Å²) in [5.41, 5.74) is -0.473. The number of hydrogen-bond donors (Lipinski definition) is 1. The second-order valence-corrected chi connectivity index (χ2v) is 5.10. The maximum Gasteiger partial charge on any atom is 0.323 e. The molecule has 0 aromatic heterocycles. The van der Waals surface area contributed by atoms with E-state index in [4.69, 9.17) is 0 Å². The van der Waals surface area contributed by atoms with Crippen LogP contribution in [0.5, 0.6) is 0 Å². The molecule has 1 rings (SSSR count). The van der Waals surface area contributed by atoms with Crippen LogP contribution in [0.25, 0.3) is 0 Å². The van der Waals surface area contributed by atoms with Crippen LogP contribution >= 0.6 is 0 Å². The number of hydrogen-bond acceptors (Lipinski definition) is 2. The van der Waals surface area contributed by atoms with Gasteiger partial charge in [0.1, 0.15) is 11.4 Å². The molecule has 1 N–H and O–H groups in total. The van der Waals surface area contributed by atoms with Crippen molar-refractivity contribution in [3.05, 3.63) is 35.6 Å². The van der Waals surface area contributed by atoms with Crippen LogP contribution in [0.15, 0.2) is 24.3 Å². The lowest BCUT2D eigenvalue weighted by molar-refractivity contribution is -0.151. The van der Waals surface area contributed by atoms with E-state index in [1.165, 1.54) is 6.07 Å². The third-order valence-electron chi connectivity index (χ3n) is 3.61. The second kappa shape index (κ2) is 6.15. The molecular formula is C15H22FNO2. The molecule has 0 aliphatic rings. The van der Waals surface area contributed by atoms with E-state index < -0.39 is 11.5 Å². The lowest BCUT2D eigenvalue weighted by Crippen LogP contribution is -2.51. The van der Waals surface area contributed by atoms with Crippen LogP contribution in [0.3, 0.4) is 0 Å². The van der Waals surface area contributed by atoms with Crippen molar-refractivity contribution in [2.75, 3.05) is 6.54 Å². The number of carbonyl (C=O) groups is 1. The van der Waals surface area contributed by atoms with Crippen molar-refractivity contribution in [2.45, 2.75) is 45.7 Å². The van der Waals surface area contributed by atoms with Crippen LogP contribution in [-0.2, 0) is 4.79 Å². The molecule has 106 valence electrons. The minimum Gasteiger partial charge on any atom is -0.480 e. The van der Waals surface area contributed by atoms with Gasteiger partial charge in [0.25, 0.3) is 0 Å². The molecule has 19 heavy (non-hydrogen) atoms. The van der Waals surface area contributed by atoms with Gasteiger partial charge in [0.2, 0.25) is 0 Å². The zero-order valence-electron chi connectivity index (χ0n) is 12.0. The summed E-state index contributed by atoms with van der Waals surface area (Å²) in [5.74, 6) is -1.18. The van der Waals surface area contributed by atoms with E-state index in [1.807, 2.05) is 18.7 Å². The first-order valence-electron chi connectivity index (χ1n) is 6.60. The summed E-state index contributed by atoms with van der Waals surface area (Å²) in [4.78, 5) is 13.2. The highest BCUT2D eigenvalue weighted by Crippen LogP contribution is 2.32. The molecule has 0 aliphatic carbocycles. The number of carboxylic acids is 1. The van der Waals surface area contributed by atoms with Crippen molar-refractivity contribution in [3.63, 3.8) is 0 Å². The summed E-state index contributed by atoms with van der Waals surface area (Å²) < 4.78 is 13.9. The molecule has 0 radical (unpaired) electrons. The summed E-state index contributed by atoms with van der Waals surface area (Å²) in [7, 11) is 0. The van der Waals surface area contributed by atoms with E-state index in [0.717, 1.165) is 0 Å². The van der Waals surface area contributed by atoms with Crippen LogP contribution in [0.1, 0.15) is 45.7 Å². The minimum atomic E-state index is -1.03. The smallest absolute Gasteiger partial charge is 0.323 e. The normalized spacial score (nSPS) is 13.6. The number of rotatable bonds is 6. The SMILES string of the molecule is CCC(c1ccccc1F)N(CC)C(C)(C)C(=O)O. The van der Waals surface area contributed by atoms with Crippen molar-refractivity contribution < 1.29 is 14.3 Å². The van der Waals surface area contributed by atoms with Gasteiger partial charge in [0.05, 0.1) is 0 Å². The predicted molar refractivity (Wildman–Crippen MR) is 73.5 cm³/mol. The molecule has 4 heteroatoms. The number of halogens is 1. The van der Waals surface area contributed by atoms with Crippen LogP contribution in [0.2, 0.25) is 0 Å². The maximum atomic E-state index is 13.9. The molecule has 0 heterocycles. The first-order valence-corrected chi connectivity index (χ1v) is 6.60. The molecule has 1 aromatic rings. The van der Waals surface area contributed by atoms with Crippen molar-refractivity contribution in [3.8, 4) is 0 Å². The van der Waals surface area contributed by atoms with Crippen molar-refractivity contribution >= 4 is 5.97 Å². The molecule has 1 unspecified atom stereocenters. The highest BCUT2D eigenvalue weighted by molar-refractivity contribution is 5.77. The topological polar surface area (TPSA) is 40.5 Å². The Labute approximate surface area is 114 Å². The zero-order valence-corrected chi connectivity index (χ0v) is 12.0. The van der Waals surface area contributed by atoms with Gasteiger partial charge in [-0.15, -0.1) is 0 Å². The van der Waals surface area contributed by atoms with E-state index in [9.17, 15) is 14.3 Å². The first kappa shape index (κ1) is 15.6. The van der Waals surface area contributed by atoms with Crippen LogP contribution in [0, 0.1) is 5.82 Å². The molecule has 0 amide bonds. The Kier molecular flexibility index (Phi) is 5.06. The Balaban J connectivity index is 3.21. The highest BCUT2D eigenvalue weighted by atomic mass is 19.1. The van der Waals surface area contributed by atoms with Crippen LogP contribution in [0.4, 0.5) is 4.39 Å². The van der Waals surface area contributed by atoms with E-state index in [0.29, 0.717) is 18.5 Å². The molecule has 1 atom stereocenters. The molecule has 1 aromatic carbocycles. The fourth-order valence-electron chi connectivity index (χ4n) is 2.48. The summed E-state index contributed by atoms with van der Waals surface area (Å²) in [6.45, 7) is 7.70. The van der Waals surface area contributed by atoms with E-state index in [-0.39, 0.29) is 11.9 Å². The van der Waals surface area contributed by atoms with Gasteiger partial charge < -0.3 is 5.11 Å². The molecular weight excluding hydrogens is 245 g/mol. The average molecular weight is 267 g/mol. The third-order valence-corrected chi connectivity index (χ3v) is 3.61. The Morgan fingerprint density at radius 3 is 2.37 bits per heavy atom. The lowest BCUT2D eigenvalue weighted by atomic mass is 9.94. The standard InChI is InChI=1S/C15H22FNO2/c1-5-13(11-9-7-8-10-12(11)16)17(6-2)15(3,4)14(18)19/h7-10,13H,5-6H2,1-4H3,(H,18,19). The Morgan fingerprint density at radius 2 is 1.95 bits per heavy atom. The molecule has 0 fully saturated rings. The number of carboxylic acid groups (broad SMARTS) is 1. The van der Waals surface area contributed by atoms with Gasteiger partial charge in [-0.1, -0.05) is 32.0 Å². The number of aliphatic carboxylic acids is 1. The Hall–Kier alpha value is -1.42. The molecule has 0 saturated carbocycles. The van der Waals surface area contributed by atoms with Crippen molar-refractivity contribution in [2.24, 2.45) is 0 Å². The molecule has 3 nitrogen and oxygen atoms in total.